The Balaban J connectivity index is 1.59. The molecule has 2 heterocycles. The Morgan fingerprint density at radius 3 is 2.40 bits per heavy atom. The van der Waals surface area contributed by atoms with E-state index in [0.717, 1.165) is 12.1 Å². The van der Waals surface area contributed by atoms with Crippen molar-refractivity contribution in [3.8, 4) is 5.75 Å². The molecule has 1 N–H and O–H groups in total. The van der Waals surface area contributed by atoms with Gasteiger partial charge < -0.3 is 14.8 Å². The predicted molar refractivity (Wildman–Crippen MR) is 138 cm³/mol. The van der Waals surface area contributed by atoms with E-state index in [-0.39, 0.29) is 39.4 Å². The van der Waals surface area contributed by atoms with Crippen molar-refractivity contribution in [1.29, 1.82) is 0 Å². The third-order valence-corrected chi connectivity index (χ3v) is 6.68. The molecule has 2 amide bonds. The molecule has 0 fully saturated rings. The summed E-state index contributed by atoms with van der Waals surface area (Å²) in [7, 11) is 0. The number of nitrogens with one attached hydrogen (secondary N) is 1. The molecular weight excluding hydrogens is 576 g/mol. The molecule has 1 aromatic heterocycles. The fourth-order valence-electron chi connectivity index (χ4n) is 4.88. The fraction of sp³-hybridized carbons (Fsp3) is 0.308. The Morgan fingerprint density at radius 2 is 1.77 bits per heavy atom. The Hall–Kier alpha value is -3.77. The van der Waals surface area contributed by atoms with Gasteiger partial charge in [0.2, 0.25) is 5.95 Å². The Bertz CT molecular complexity index is 1550. The SMILES string of the molecule is CC(C)(C)OC(=O)CNC(=O)c1cnc2n1[C@]1(Cc3ccc(OC(F)(F)F)cc31)C(=O)N2c1cc(Cl)cc(Cl)c1. The summed E-state index contributed by atoms with van der Waals surface area (Å²) < 4.78 is 49.6. The molecule has 0 unspecified atom stereocenters. The van der Waals surface area contributed by atoms with Gasteiger partial charge in [-0.1, -0.05) is 29.3 Å². The van der Waals surface area contributed by atoms with Crippen molar-refractivity contribution >= 4 is 52.6 Å². The van der Waals surface area contributed by atoms with Gasteiger partial charge in [0, 0.05) is 16.5 Å². The van der Waals surface area contributed by atoms with Crippen LogP contribution in [0.1, 0.15) is 42.4 Å². The summed E-state index contributed by atoms with van der Waals surface area (Å²) in [6.45, 7) is 4.56. The third kappa shape index (κ3) is 4.86. The predicted octanol–water partition coefficient (Wildman–Crippen LogP) is 5.14. The van der Waals surface area contributed by atoms with Crippen LogP contribution in [0.3, 0.4) is 0 Å². The van der Waals surface area contributed by atoms with Crippen molar-refractivity contribution in [2.75, 3.05) is 11.4 Å². The molecular formula is C26H21Cl2F3N4O5. The standard InChI is InChI=1S/C26H21Cl2F3N4O5/c1-24(2,3)40-20(36)12-32-21(37)19-11-33-23-34(16-7-14(27)6-15(28)8-16)22(38)25(35(19)23)10-13-4-5-17(9-18(13)25)39-26(29,30)31/h4-9,11H,10,12H2,1-3H3,(H,32,37)/t25-/m0/s1. The molecule has 5 rings (SSSR count). The number of amides is 2. The van der Waals surface area contributed by atoms with Crippen molar-refractivity contribution in [1.82, 2.24) is 14.9 Å². The van der Waals surface area contributed by atoms with Crippen LogP contribution in [-0.2, 0) is 26.3 Å². The van der Waals surface area contributed by atoms with Gasteiger partial charge >= 0.3 is 12.3 Å². The number of ether oxygens (including phenoxy) is 2. The van der Waals surface area contributed by atoms with Crippen LogP contribution < -0.4 is 15.0 Å². The lowest BCUT2D eigenvalue weighted by Crippen LogP contribution is -2.52. The maximum Gasteiger partial charge on any atom is 0.573 e. The molecule has 0 saturated heterocycles. The van der Waals surface area contributed by atoms with Gasteiger partial charge in [0.25, 0.3) is 11.8 Å². The van der Waals surface area contributed by atoms with Crippen LogP contribution in [0.25, 0.3) is 0 Å². The van der Waals surface area contributed by atoms with E-state index in [0.29, 0.717) is 5.56 Å². The van der Waals surface area contributed by atoms with Crippen molar-refractivity contribution in [3.63, 3.8) is 0 Å². The number of alkyl halides is 3. The number of hydrogen-bond acceptors (Lipinski definition) is 6. The van der Waals surface area contributed by atoms with Gasteiger partial charge in [0.15, 0.2) is 5.54 Å². The first-order valence-corrected chi connectivity index (χ1v) is 12.6. The van der Waals surface area contributed by atoms with E-state index in [4.69, 9.17) is 27.9 Å². The molecule has 0 saturated carbocycles. The Labute approximate surface area is 235 Å². The van der Waals surface area contributed by atoms with E-state index in [1.807, 2.05) is 0 Å². The minimum atomic E-state index is -4.96. The van der Waals surface area contributed by atoms with Crippen molar-refractivity contribution in [2.45, 2.75) is 44.7 Å². The van der Waals surface area contributed by atoms with Crippen LogP contribution in [0.15, 0.2) is 42.6 Å². The monoisotopic (exact) mass is 596 g/mol. The van der Waals surface area contributed by atoms with Crippen LogP contribution in [0, 0.1) is 0 Å². The summed E-state index contributed by atoms with van der Waals surface area (Å²) in [5.41, 5.74) is -1.48. The quantitative estimate of drug-likeness (QED) is 0.409. The molecule has 1 aliphatic carbocycles. The highest BCUT2D eigenvalue weighted by Gasteiger charge is 2.60. The summed E-state index contributed by atoms with van der Waals surface area (Å²) in [6, 6.07) is 8.08. The number of benzene rings is 2. The lowest BCUT2D eigenvalue weighted by atomic mass is 9.69. The van der Waals surface area contributed by atoms with Gasteiger partial charge in [-0.25, -0.2) is 9.88 Å². The Morgan fingerprint density at radius 1 is 1.10 bits per heavy atom. The van der Waals surface area contributed by atoms with E-state index in [1.54, 1.807) is 20.8 Å². The molecule has 0 radical (unpaired) electrons. The number of aromatic nitrogens is 2. The molecule has 1 atom stereocenters. The highest BCUT2D eigenvalue weighted by molar-refractivity contribution is 6.35. The summed E-state index contributed by atoms with van der Waals surface area (Å²) in [6.07, 6.45) is -3.70. The number of carbonyl (C=O) groups is 3. The van der Waals surface area contributed by atoms with E-state index in [2.05, 4.69) is 15.0 Å². The highest BCUT2D eigenvalue weighted by atomic mass is 35.5. The summed E-state index contributed by atoms with van der Waals surface area (Å²) in [5, 5.41) is 2.90. The molecule has 3 aromatic rings. The zero-order chi connectivity index (χ0) is 29.2. The average Bonchev–Trinajstić information content (AvgIpc) is 3.32. The van der Waals surface area contributed by atoms with Crippen molar-refractivity contribution in [3.05, 3.63) is 69.5 Å². The first-order valence-electron chi connectivity index (χ1n) is 11.9. The van der Waals surface area contributed by atoms with Gasteiger partial charge in [-0.05, 0) is 62.2 Å². The molecule has 0 bridgehead atoms. The highest BCUT2D eigenvalue weighted by Crippen LogP contribution is 2.53. The number of hydrogen-bond donors (Lipinski definition) is 1. The molecule has 2 aliphatic rings. The number of carbonyl (C=O) groups excluding carboxylic acids is 3. The summed E-state index contributed by atoms with van der Waals surface area (Å²) in [4.78, 5) is 45.1. The largest absolute Gasteiger partial charge is 0.573 e. The van der Waals surface area contributed by atoms with Crippen LogP contribution in [-0.4, -0.2) is 45.8 Å². The van der Waals surface area contributed by atoms with E-state index in [9.17, 15) is 27.6 Å². The van der Waals surface area contributed by atoms with Gasteiger partial charge in [-0.2, -0.15) is 0 Å². The topological polar surface area (TPSA) is 103 Å². The molecule has 14 heteroatoms. The fourth-order valence-corrected chi connectivity index (χ4v) is 5.39. The molecule has 1 aliphatic heterocycles. The molecule has 210 valence electrons. The second kappa shape index (κ2) is 9.41. The zero-order valence-electron chi connectivity index (χ0n) is 21.2. The second-order valence-electron chi connectivity index (χ2n) is 10.2. The van der Waals surface area contributed by atoms with Crippen LogP contribution in [0.2, 0.25) is 10.0 Å². The molecule has 40 heavy (non-hydrogen) atoms. The molecule has 2 aromatic carbocycles. The number of imidazole rings is 1. The first-order chi connectivity index (χ1) is 18.6. The average molecular weight is 597 g/mol. The number of anilines is 2. The molecule has 9 nitrogen and oxygen atoms in total. The first kappa shape index (κ1) is 27.8. The van der Waals surface area contributed by atoms with E-state index in [1.165, 1.54) is 39.9 Å². The van der Waals surface area contributed by atoms with Crippen LogP contribution >= 0.6 is 23.2 Å². The van der Waals surface area contributed by atoms with E-state index < -0.39 is 47.6 Å². The van der Waals surface area contributed by atoms with Gasteiger partial charge in [0.05, 0.1) is 11.9 Å². The number of nitrogens with zero attached hydrogens (tertiary/aromatic N) is 3. The number of halogens is 5. The summed E-state index contributed by atoms with van der Waals surface area (Å²) >= 11 is 12.4. The third-order valence-electron chi connectivity index (χ3n) is 6.24. The molecule has 1 spiro atoms. The van der Waals surface area contributed by atoms with Gasteiger partial charge in [-0.3, -0.25) is 19.0 Å². The summed E-state index contributed by atoms with van der Waals surface area (Å²) in [5.74, 6) is -2.55. The van der Waals surface area contributed by atoms with Crippen molar-refractivity contribution < 1.29 is 37.0 Å². The maximum absolute atomic E-state index is 14.1. The van der Waals surface area contributed by atoms with Crippen LogP contribution in [0.5, 0.6) is 5.75 Å². The van der Waals surface area contributed by atoms with Gasteiger partial charge in [-0.15, -0.1) is 13.2 Å². The zero-order valence-corrected chi connectivity index (χ0v) is 22.7. The van der Waals surface area contributed by atoms with E-state index >= 15 is 0 Å². The second-order valence-corrected chi connectivity index (χ2v) is 11.1. The number of fused-ring (bicyclic) bond motifs is 4. The van der Waals surface area contributed by atoms with Crippen molar-refractivity contribution in [2.24, 2.45) is 0 Å². The number of rotatable bonds is 5. The normalized spacial score (nSPS) is 17.8. The minimum absolute atomic E-state index is 0.0125. The maximum atomic E-state index is 14.1. The minimum Gasteiger partial charge on any atom is -0.459 e. The van der Waals surface area contributed by atoms with Gasteiger partial charge in [0.1, 0.15) is 23.6 Å². The van der Waals surface area contributed by atoms with Crippen LogP contribution in [0.4, 0.5) is 24.8 Å². The number of esters is 1. The lowest BCUT2D eigenvalue weighted by Gasteiger charge is -2.41. The Kier molecular flexibility index (Phi) is 6.54. The lowest BCUT2D eigenvalue weighted by molar-refractivity contribution is -0.274. The smallest absolute Gasteiger partial charge is 0.459 e.